The van der Waals surface area contributed by atoms with Gasteiger partial charge in [-0.05, 0) is 38.4 Å². The Labute approximate surface area is 114 Å². The van der Waals surface area contributed by atoms with E-state index in [1.54, 1.807) is 13.0 Å². The van der Waals surface area contributed by atoms with Crippen molar-refractivity contribution in [1.29, 1.82) is 0 Å². The van der Waals surface area contributed by atoms with Crippen molar-refractivity contribution in [3.8, 4) is 5.75 Å². The molecule has 1 aromatic carbocycles. The third-order valence-corrected chi connectivity index (χ3v) is 5.09. The van der Waals surface area contributed by atoms with E-state index in [2.05, 4.69) is 5.32 Å². The first-order valence-electron chi connectivity index (χ1n) is 7.26. The first-order chi connectivity index (χ1) is 9.15. The highest BCUT2D eigenvalue weighted by molar-refractivity contribution is 5.29. The lowest BCUT2D eigenvalue weighted by atomic mass is 9.60. The molecule has 0 radical (unpaired) electrons. The first kappa shape index (κ1) is 12.9. The number of hydrogen-bond acceptors (Lipinski definition) is 2. The molecule has 3 rings (SSSR count). The number of nitrogens with one attached hydrogen (secondary N) is 1. The molecule has 0 heterocycles. The Morgan fingerprint density at radius 1 is 1.32 bits per heavy atom. The van der Waals surface area contributed by atoms with Crippen molar-refractivity contribution < 1.29 is 9.13 Å². The monoisotopic (exact) mass is 263 g/mol. The Morgan fingerprint density at radius 2 is 2.05 bits per heavy atom. The van der Waals surface area contributed by atoms with E-state index in [1.165, 1.54) is 31.7 Å². The van der Waals surface area contributed by atoms with Crippen LogP contribution >= 0.6 is 0 Å². The van der Waals surface area contributed by atoms with Crippen LogP contribution in [0.5, 0.6) is 5.75 Å². The van der Waals surface area contributed by atoms with Crippen molar-refractivity contribution in [1.82, 2.24) is 5.32 Å². The second-order valence-electron chi connectivity index (χ2n) is 6.03. The predicted molar refractivity (Wildman–Crippen MR) is 73.9 cm³/mol. The molecule has 0 bridgehead atoms. The highest BCUT2D eigenvalue weighted by Gasteiger charge is 2.56. The van der Waals surface area contributed by atoms with E-state index in [-0.39, 0.29) is 17.3 Å². The normalized spacial score (nSPS) is 28.4. The van der Waals surface area contributed by atoms with Crippen LogP contribution in [0.3, 0.4) is 0 Å². The molecule has 0 aliphatic heterocycles. The van der Waals surface area contributed by atoms with Gasteiger partial charge in [0, 0.05) is 23.9 Å². The van der Waals surface area contributed by atoms with Crippen LogP contribution in [-0.4, -0.2) is 19.2 Å². The summed E-state index contributed by atoms with van der Waals surface area (Å²) in [4.78, 5) is 0. The molecule has 19 heavy (non-hydrogen) atoms. The zero-order valence-electron chi connectivity index (χ0n) is 11.7. The lowest BCUT2D eigenvalue weighted by Crippen LogP contribution is -2.63. The van der Waals surface area contributed by atoms with Crippen molar-refractivity contribution in [2.45, 2.75) is 51.2 Å². The van der Waals surface area contributed by atoms with E-state index in [9.17, 15) is 4.39 Å². The van der Waals surface area contributed by atoms with Crippen LogP contribution in [0.1, 0.15) is 37.7 Å². The third-order valence-electron chi connectivity index (χ3n) is 5.09. The minimum atomic E-state index is -0.178. The Morgan fingerprint density at radius 3 is 2.68 bits per heavy atom. The van der Waals surface area contributed by atoms with Crippen LogP contribution in [0.2, 0.25) is 0 Å². The van der Waals surface area contributed by atoms with Crippen molar-refractivity contribution in [2.75, 3.05) is 7.05 Å². The summed E-state index contributed by atoms with van der Waals surface area (Å²) in [6.45, 7) is 1.78. The van der Waals surface area contributed by atoms with Crippen LogP contribution < -0.4 is 10.1 Å². The topological polar surface area (TPSA) is 21.3 Å². The second-order valence-corrected chi connectivity index (χ2v) is 6.03. The first-order valence-corrected chi connectivity index (χ1v) is 7.26. The highest BCUT2D eigenvalue weighted by atomic mass is 19.1. The summed E-state index contributed by atoms with van der Waals surface area (Å²) in [6.07, 6.45) is 6.33. The number of ether oxygens (including phenoxy) is 1. The Kier molecular flexibility index (Phi) is 3.25. The molecule has 0 aromatic heterocycles. The van der Waals surface area contributed by atoms with Gasteiger partial charge in [-0.15, -0.1) is 0 Å². The zero-order valence-corrected chi connectivity index (χ0v) is 11.7. The third kappa shape index (κ3) is 2.04. The van der Waals surface area contributed by atoms with Crippen molar-refractivity contribution >= 4 is 0 Å². The van der Waals surface area contributed by atoms with Crippen LogP contribution in [0.25, 0.3) is 0 Å². The van der Waals surface area contributed by atoms with Crippen molar-refractivity contribution in [3.63, 3.8) is 0 Å². The molecule has 2 aliphatic rings. The smallest absolute Gasteiger partial charge is 0.129 e. The Bertz CT molecular complexity index is 468. The number of hydrogen-bond donors (Lipinski definition) is 1. The summed E-state index contributed by atoms with van der Waals surface area (Å²) < 4.78 is 19.6. The summed E-state index contributed by atoms with van der Waals surface area (Å²) in [5.74, 6) is 0.497. The predicted octanol–water partition coefficient (Wildman–Crippen LogP) is 3.43. The number of halogens is 1. The van der Waals surface area contributed by atoms with E-state index < -0.39 is 0 Å². The SMILES string of the molecule is CNC1CC(Oc2ccc(C)c(F)c2)C12CCCC2. The molecule has 2 nitrogen and oxygen atoms in total. The average molecular weight is 263 g/mol. The van der Waals surface area contributed by atoms with E-state index in [4.69, 9.17) is 4.74 Å². The van der Waals surface area contributed by atoms with Gasteiger partial charge in [0.1, 0.15) is 17.7 Å². The Balaban J connectivity index is 1.75. The second kappa shape index (κ2) is 4.78. The van der Waals surface area contributed by atoms with Gasteiger partial charge in [0.05, 0.1) is 0 Å². The van der Waals surface area contributed by atoms with Crippen LogP contribution in [0, 0.1) is 18.2 Å². The maximum Gasteiger partial charge on any atom is 0.129 e. The van der Waals surface area contributed by atoms with Crippen LogP contribution in [0.15, 0.2) is 18.2 Å². The summed E-state index contributed by atoms with van der Waals surface area (Å²) in [5.41, 5.74) is 0.959. The molecule has 104 valence electrons. The molecule has 0 saturated heterocycles. The number of rotatable bonds is 3. The molecule has 2 atom stereocenters. The minimum absolute atomic E-state index is 0.178. The van der Waals surface area contributed by atoms with Gasteiger partial charge in [-0.1, -0.05) is 18.9 Å². The molecule has 2 aliphatic carbocycles. The number of aryl methyl sites for hydroxylation is 1. The number of benzene rings is 1. The van der Waals surface area contributed by atoms with Gasteiger partial charge < -0.3 is 10.1 Å². The molecule has 1 spiro atoms. The molecule has 2 saturated carbocycles. The van der Waals surface area contributed by atoms with E-state index in [1.807, 2.05) is 13.1 Å². The Hall–Kier alpha value is -1.09. The van der Waals surface area contributed by atoms with Crippen molar-refractivity contribution in [3.05, 3.63) is 29.6 Å². The van der Waals surface area contributed by atoms with Crippen LogP contribution in [0.4, 0.5) is 4.39 Å². The summed E-state index contributed by atoms with van der Waals surface area (Å²) in [5, 5.41) is 3.42. The van der Waals surface area contributed by atoms with E-state index >= 15 is 0 Å². The molecule has 0 amide bonds. The van der Waals surface area contributed by atoms with Gasteiger partial charge in [0.2, 0.25) is 0 Å². The summed E-state index contributed by atoms with van der Waals surface area (Å²) in [6, 6.07) is 5.76. The maximum atomic E-state index is 13.6. The molecule has 1 N–H and O–H groups in total. The fraction of sp³-hybridized carbons (Fsp3) is 0.625. The highest BCUT2D eigenvalue weighted by Crippen LogP contribution is 2.54. The fourth-order valence-corrected chi connectivity index (χ4v) is 3.83. The van der Waals surface area contributed by atoms with Gasteiger partial charge in [-0.25, -0.2) is 4.39 Å². The standard InChI is InChI=1S/C16H22FNO/c1-11-5-6-12(9-13(11)17)19-15-10-14(18-2)16(15)7-3-4-8-16/h5-6,9,14-15,18H,3-4,7-8,10H2,1-2H3. The van der Waals surface area contributed by atoms with Gasteiger partial charge in [0.25, 0.3) is 0 Å². The van der Waals surface area contributed by atoms with Crippen LogP contribution in [-0.2, 0) is 0 Å². The van der Waals surface area contributed by atoms with Gasteiger partial charge >= 0.3 is 0 Å². The summed E-state index contributed by atoms with van der Waals surface area (Å²) in [7, 11) is 2.03. The largest absolute Gasteiger partial charge is 0.490 e. The van der Waals surface area contributed by atoms with Crippen molar-refractivity contribution in [2.24, 2.45) is 5.41 Å². The summed E-state index contributed by atoms with van der Waals surface area (Å²) >= 11 is 0. The van der Waals surface area contributed by atoms with Gasteiger partial charge in [0.15, 0.2) is 0 Å². The molecule has 1 aromatic rings. The molecular weight excluding hydrogens is 241 g/mol. The van der Waals surface area contributed by atoms with E-state index in [0.29, 0.717) is 17.4 Å². The molecule has 2 unspecified atom stereocenters. The molecule has 2 fully saturated rings. The van der Waals surface area contributed by atoms with Gasteiger partial charge in [-0.3, -0.25) is 0 Å². The van der Waals surface area contributed by atoms with E-state index in [0.717, 1.165) is 6.42 Å². The zero-order chi connectivity index (χ0) is 13.5. The lowest BCUT2D eigenvalue weighted by Gasteiger charge is -2.53. The quantitative estimate of drug-likeness (QED) is 0.902. The molecule has 3 heteroatoms. The lowest BCUT2D eigenvalue weighted by molar-refractivity contribution is -0.0737. The van der Waals surface area contributed by atoms with Gasteiger partial charge in [-0.2, -0.15) is 0 Å². The maximum absolute atomic E-state index is 13.6. The fourth-order valence-electron chi connectivity index (χ4n) is 3.83. The molecular formula is C16H22FNO. The average Bonchev–Trinajstić information content (AvgIpc) is 2.90. The minimum Gasteiger partial charge on any atom is -0.490 e.